The van der Waals surface area contributed by atoms with Crippen molar-refractivity contribution in [3.8, 4) is 17.0 Å². The Morgan fingerprint density at radius 2 is 2.00 bits per heavy atom. The van der Waals surface area contributed by atoms with Gasteiger partial charge in [0.15, 0.2) is 0 Å². The van der Waals surface area contributed by atoms with E-state index in [9.17, 15) is 10.1 Å². The third-order valence-electron chi connectivity index (χ3n) is 3.16. The summed E-state index contributed by atoms with van der Waals surface area (Å²) in [6.07, 6.45) is 4.90. The Hall–Kier alpha value is -3.15. The average Bonchev–Trinajstić information content (AvgIpc) is 2.96. The van der Waals surface area contributed by atoms with Crippen LogP contribution in [-0.2, 0) is 0 Å². The molecule has 6 nitrogen and oxygen atoms in total. The summed E-state index contributed by atoms with van der Waals surface area (Å²) >= 11 is 0. The van der Waals surface area contributed by atoms with Crippen molar-refractivity contribution in [2.75, 3.05) is 6.61 Å². The number of pyridine rings is 1. The molecular formula is C16H13N3O3. The van der Waals surface area contributed by atoms with Gasteiger partial charge in [-0.1, -0.05) is 12.7 Å². The quantitative estimate of drug-likeness (QED) is 0.410. The molecule has 0 aliphatic rings. The van der Waals surface area contributed by atoms with Crippen LogP contribution in [0.15, 0.2) is 61.4 Å². The zero-order chi connectivity index (χ0) is 15.5. The summed E-state index contributed by atoms with van der Waals surface area (Å²) < 4.78 is 7.08. The third kappa shape index (κ3) is 2.67. The normalized spacial score (nSPS) is 10.5. The van der Waals surface area contributed by atoms with Gasteiger partial charge in [0.1, 0.15) is 18.0 Å². The number of hydrogen-bond acceptors (Lipinski definition) is 4. The monoisotopic (exact) mass is 295 g/mol. The lowest BCUT2D eigenvalue weighted by Crippen LogP contribution is -1.92. The maximum absolute atomic E-state index is 10.8. The van der Waals surface area contributed by atoms with Gasteiger partial charge in [-0.15, -0.1) is 0 Å². The van der Waals surface area contributed by atoms with Gasteiger partial charge in [0.25, 0.3) is 5.69 Å². The molecule has 0 aliphatic carbocycles. The lowest BCUT2D eigenvalue weighted by Gasteiger charge is -2.03. The maximum atomic E-state index is 10.8. The number of imidazole rings is 1. The fraction of sp³-hybridized carbons (Fsp3) is 0.0625. The second-order valence-electron chi connectivity index (χ2n) is 4.66. The molecule has 0 saturated carbocycles. The zero-order valence-electron chi connectivity index (χ0n) is 11.7. The number of rotatable bonds is 5. The molecule has 0 unspecified atom stereocenters. The molecule has 0 N–H and O–H groups in total. The van der Waals surface area contributed by atoms with Crippen molar-refractivity contribution in [1.82, 2.24) is 9.38 Å². The maximum Gasteiger partial charge on any atom is 0.286 e. The molecule has 1 aromatic carbocycles. The fourth-order valence-corrected chi connectivity index (χ4v) is 2.10. The summed E-state index contributed by atoms with van der Waals surface area (Å²) in [6.45, 7) is 4.05. The highest BCUT2D eigenvalue weighted by atomic mass is 16.6. The number of nitrogens with zero attached hydrogens (tertiary/aromatic N) is 3. The van der Waals surface area contributed by atoms with Crippen LogP contribution in [-0.4, -0.2) is 20.9 Å². The minimum Gasteiger partial charge on any atom is -0.490 e. The van der Waals surface area contributed by atoms with E-state index >= 15 is 0 Å². The molecule has 0 bridgehead atoms. The summed E-state index contributed by atoms with van der Waals surface area (Å²) in [5.74, 6) is 0.753. The van der Waals surface area contributed by atoms with Gasteiger partial charge in [-0.3, -0.25) is 14.5 Å². The molecular weight excluding hydrogens is 282 g/mol. The van der Waals surface area contributed by atoms with Gasteiger partial charge in [0.05, 0.1) is 16.8 Å². The molecule has 0 radical (unpaired) electrons. The first-order valence-corrected chi connectivity index (χ1v) is 6.64. The highest BCUT2D eigenvalue weighted by molar-refractivity contribution is 5.63. The number of ether oxygens (including phenoxy) is 1. The molecule has 0 spiro atoms. The van der Waals surface area contributed by atoms with Crippen molar-refractivity contribution in [3.63, 3.8) is 0 Å². The largest absolute Gasteiger partial charge is 0.490 e. The van der Waals surface area contributed by atoms with Crippen LogP contribution in [0.3, 0.4) is 0 Å². The highest BCUT2D eigenvalue weighted by Gasteiger charge is 2.09. The van der Waals surface area contributed by atoms with Crippen LogP contribution < -0.4 is 4.74 Å². The number of benzene rings is 1. The predicted octanol–water partition coefficient (Wildman–Crippen LogP) is 3.47. The van der Waals surface area contributed by atoms with Crippen molar-refractivity contribution < 1.29 is 9.66 Å². The van der Waals surface area contributed by atoms with E-state index in [4.69, 9.17) is 4.74 Å². The van der Waals surface area contributed by atoms with Gasteiger partial charge in [0.2, 0.25) is 0 Å². The van der Waals surface area contributed by atoms with Gasteiger partial charge in [-0.25, -0.2) is 4.98 Å². The van der Waals surface area contributed by atoms with E-state index in [2.05, 4.69) is 11.6 Å². The lowest BCUT2D eigenvalue weighted by atomic mass is 10.2. The number of aromatic nitrogens is 2. The molecule has 0 atom stereocenters. The Morgan fingerprint density at radius 1 is 1.23 bits per heavy atom. The van der Waals surface area contributed by atoms with E-state index in [1.807, 2.05) is 24.3 Å². The van der Waals surface area contributed by atoms with Gasteiger partial charge in [-0.2, -0.15) is 0 Å². The molecule has 2 aromatic heterocycles. The summed E-state index contributed by atoms with van der Waals surface area (Å²) in [7, 11) is 0. The summed E-state index contributed by atoms with van der Waals surface area (Å²) in [4.78, 5) is 14.8. The zero-order valence-corrected chi connectivity index (χ0v) is 11.7. The number of nitro groups is 1. The van der Waals surface area contributed by atoms with Crippen LogP contribution in [0.25, 0.3) is 16.9 Å². The first kappa shape index (κ1) is 13.8. The van der Waals surface area contributed by atoms with Gasteiger partial charge >= 0.3 is 0 Å². The predicted molar refractivity (Wildman–Crippen MR) is 83.0 cm³/mol. The standard InChI is InChI=1S/C16H13N3O3/c1-2-9-22-14-6-3-12(4-7-14)15-11-18-10-13(19(20)21)5-8-16(18)17-15/h2-8,10-11H,1,9H2. The van der Waals surface area contributed by atoms with Crippen molar-refractivity contribution in [3.05, 3.63) is 71.6 Å². The minimum absolute atomic E-state index is 0.0321. The Kier molecular flexibility index (Phi) is 3.57. The van der Waals surface area contributed by atoms with E-state index in [1.165, 1.54) is 12.3 Å². The van der Waals surface area contributed by atoms with Gasteiger partial charge < -0.3 is 4.74 Å². The minimum atomic E-state index is -0.426. The molecule has 3 rings (SSSR count). The van der Waals surface area contributed by atoms with Crippen LogP contribution >= 0.6 is 0 Å². The molecule has 0 fully saturated rings. The second kappa shape index (κ2) is 5.69. The van der Waals surface area contributed by atoms with Crippen LogP contribution in [0.5, 0.6) is 5.75 Å². The molecule has 3 aromatic rings. The fourth-order valence-electron chi connectivity index (χ4n) is 2.10. The lowest BCUT2D eigenvalue weighted by molar-refractivity contribution is -0.385. The van der Waals surface area contributed by atoms with Gasteiger partial charge in [0, 0.05) is 17.8 Å². The van der Waals surface area contributed by atoms with Crippen LogP contribution in [0.2, 0.25) is 0 Å². The van der Waals surface area contributed by atoms with E-state index in [1.54, 1.807) is 22.7 Å². The Labute approximate surface area is 126 Å². The smallest absolute Gasteiger partial charge is 0.286 e. The highest BCUT2D eigenvalue weighted by Crippen LogP contribution is 2.23. The van der Waals surface area contributed by atoms with Crippen molar-refractivity contribution in [2.24, 2.45) is 0 Å². The van der Waals surface area contributed by atoms with Gasteiger partial charge in [-0.05, 0) is 30.3 Å². The third-order valence-corrected chi connectivity index (χ3v) is 3.16. The Morgan fingerprint density at radius 3 is 2.68 bits per heavy atom. The van der Waals surface area contributed by atoms with E-state index in [-0.39, 0.29) is 5.69 Å². The van der Waals surface area contributed by atoms with Crippen molar-refractivity contribution in [1.29, 1.82) is 0 Å². The van der Waals surface area contributed by atoms with Crippen molar-refractivity contribution in [2.45, 2.75) is 0 Å². The summed E-state index contributed by atoms with van der Waals surface area (Å²) in [6, 6.07) is 10.6. The molecule has 6 heteroatoms. The topological polar surface area (TPSA) is 69.7 Å². The molecule has 110 valence electrons. The number of fused-ring (bicyclic) bond motifs is 1. The second-order valence-corrected chi connectivity index (χ2v) is 4.66. The Bertz CT molecular complexity index is 837. The van der Waals surface area contributed by atoms with E-state index in [0.29, 0.717) is 12.3 Å². The molecule has 22 heavy (non-hydrogen) atoms. The SMILES string of the molecule is C=CCOc1ccc(-c2cn3cc([N+](=O)[O-])ccc3n2)cc1. The van der Waals surface area contributed by atoms with Crippen LogP contribution in [0, 0.1) is 10.1 Å². The molecule has 0 saturated heterocycles. The Balaban J connectivity index is 1.92. The molecule has 0 aliphatic heterocycles. The number of hydrogen-bond donors (Lipinski definition) is 0. The van der Waals surface area contributed by atoms with Crippen LogP contribution in [0.4, 0.5) is 5.69 Å². The van der Waals surface area contributed by atoms with E-state index in [0.717, 1.165) is 17.0 Å². The summed E-state index contributed by atoms with van der Waals surface area (Å²) in [5, 5.41) is 10.8. The first-order valence-electron chi connectivity index (χ1n) is 6.64. The molecule has 0 amide bonds. The molecule has 2 heterocycles. The van der Waals surface area contributed by atoms with E-state index < -0.39 is 4.92 Å². The first-order chi connectivity index (χ1) is 10.7. The summed E-state index contributed by atoms with van der Waals surface area (Å²) in [5.41, 5.74) is 2.35. The average molecular weight is 295 g/mol. The van der Waals surface area contributed by atoms with Crippen molar-refractivity contribution >= 4 is 11.3 Å². The van der Waals surface area contributed by atoms with Crippen LogP contribution in [0.1, 0.15) is 0 Å².